The summed E-state index contributed by atoms with van der Waals surface area (Å²) in [4.78, 5) is 22.5. The van der Waals surface area contributed by atoms with Crippen LogP contribution in [0.3, 0.4) is 0 Å². The number of carboxylic acid groups (broad SMARTS) is 1. The van der Waals surface area contributed by atoms with Crippen LogP contribution in [0.2, 0.25) is 10.0 Å². The predicted octanol–water partition coefficient (Wildman–Crippen LogP) is 3.44. The van der Waals surface area contributed by atoms with Crippen molar-refractivity contribution < 1.29 is 19.8 Å². The van der Waals surface area contributed by atoms with Crippen LogP contribution in [0.1, 0.15) is 48.9 Å². The highest BCUT2D eigenvalue weighted by Gasteiger charge is 2.19. The molecule has 0 unspecified atom stereocenters. The monoisotopic (exact) mass is 362 g/mol. The molecule has 0 heterocycles. The zero-order chi connectivity index (χ0) is 17.4. The summed E-state index contributed by atoms with van der Waals surface area (Å²) in [7, 11) is 0. The molecule has 0 aliphatic carbocycles. The number of carbonyl (C=O) groups is 2. The number of halogens is 2. The molecule has 0 saturated heterocycles. The number of rotatable bonds is 9. The fourth-order valence-electron chi connectivity index (χ4n) is 2.07. The van der Waals surface area contributed by atoms with Crippen LogP contribution in [0.4, 0.5) is 0 Å². The number of nitrogens with zero attached hydrogens (tertiary/aromatic N) is 1. The van der Waals surface area contributed by atoms with E-state index in [0.29, 0.717) is 19.4 Å². The standard InChI is InChI=1S/C15H20Cl2N2O4/c16-10-8-11(14(22)12(17)9-10)15(23)19(18)7-5-3-1-2-4-6-13(20)21/h8-9,22H,1-7,18H2,(H,20,21). The van der Waals surface area contributed by atoms with Gasteiger partial charge in [0, 0.05) is 18.0 Å². The number of aliphatic carboxylic acids is 1. The van der Waals surface area contributed by atoms with Gasteiger partial charge in [-0.05, 0) is 25.0 Å². The van der Waals surface area contributed by atoms with Gasteiger partial charge in [0.15, 0.2) is 0 Å². The van der Waals surface area contributed by atoms with Crippen LogP contribution < -0.4 is 5.84 Å². The molecule has 0 aliphatic heterocycles. The second kappa shape index (κ2) is 9.60. The van der Waals surface area contributed by atoms with Crippen LogP contribution in [-0.2, 0) is 4.79 Å². The number of carboxylic acids is 1. The number of aromatic hydroxyl groups is 1. The van der Waals surface area contributed by atoms with Crippen molar-refractivity contribution in [2.45, 2.75) is 38.5 Å². The van der Waals surface area contributed by atoms with Gasteiger partial charge in [0.25, 0.3) is 5.91 Å². The molecule has 0 atom stereocenters. The van der Waals surface area contributed by atoms with Gasteiger partial charge in [-0.3, -0.25) is 14.6 Å². The number of carbonyl (C=O) groups excluding carboxylic acids is 1. The number of unbranched alkanes of at least 4 members (excludes halogenated alkanes) is 4. The van der Waals surface area contributed by atoms with Gasteiger partial charge in [-0.15, -0.1) is 0 Å². The van der Waals surface area contributed by atoms with Gasteiger partial charge in [0.05, 0.1) is 10.6 Å². The lowest BCUT2D eigenvalue weighted by Gasteiger charge is -2.17. The number of nitrogens with two attached hydrogens (primary N) is 1. The van der Waals surface area contributed by atoms with Crippen LogP contribution >= 0.6 is 23.2 Å². The summed E-state index contributed by atoms with van der Waals surface area (Å²) >= 11 is 11.6. The summed E-state index contributed by atoms with van der Waals surface area (Å²) in [5.41, 5.74) is -0.0357. The quantitative estimate of drug-likeness (QED) is 0.270. The minimum absolute atomic E-state index is 0.00678. The van der Waals surface area contributed by atoms with Crippen molar-refractivity contribution in [3.05, 3.63) is 27.7 Å². The average molecular weight is 363 g/mol. The largest absolute Gasteiger partial charge is 0.506 e. The van der Waals surface area contributed by atoms with E-state index in [1.807, 2.05) is 0 Å². The first-order chi connectivity index (χ1) is 10.8. The van der Waals surface area contributed by atoms with Crippen LogP contribution in [-0.4, -0.2) is 33.6 Å². The molecule has 0 aromatic heterocycles. The third kappa shape index (κ3) is 6.64. The highest BCUT2D eigenvalue weighted by Crippen LogP contribution is 2.31. The lowest BCUT2D eigenvalue weighted by atomic mass is 10.1. The fourth-order valence-corrected chi connectivity index (χ4v) is 2.57. The number of benzene rings is 1. The molecule has 0 fully saturated rings. The zero-order valence-electron chi connectivity index (χ0n) is 12.6. The van der Waals surface area contributed by atoms with Gasteiger partial charge >= 0.3 is 5.97 Å². The number of hydrazine groups is 1. The van der Waals surface area contributed by atoms with Gasteiger partial charge in [-0.25, -0.2) is 5.84 Å². The van der Waals surface area contributed by atoms with E-state index in [4.69, 9.17) is 34.2 Å². The van der Waals surface area contributed by atoms with Crippen molar-refractivity contribution in [2.75, 3.05) is 6.54 Å². The molecule has 8 heteroatoms. The summed E-state index contributed by atoms with van der Waals surface area (Å²) in [6.45, 7) is 0.321. The van der Waals surface area contributed by atoms with Crippen molar-refractivity contribution >= 4 is 35.1 Å². The topological polar surface area (TPSA) is 104 Å². The summed E-state index contributed by atoms with van der Waals surface area (Å²) < 4.78 is 0. The number of phenols is 1. The molecule has 1 amide bonds. The molecule has 0 spiro atoms. The van der Waals surface area contributed by atoms with E-state index in [2.05, 4.69) is 0 Å². The maximum Gasteiger partial charge on any atom is 0.303 e. The molecule has 4 N–H and O–H groups in total. The second-order valence-corrected chi connectivity index (χ2v) is 6.04. The number of hydrogen-bond donors (Lipinski definition) is 3. The SMILES string of the molecule is NN(CCCCCCCC(=O)O)C(=O)c1cc(Cl)cc(Cl)c1O. The Kier molecular flexibility index (Phi) is 8.16. The van der Waals surface area contributed by atoms with Gasteiger partial charge in [0.1, 0.15) is 5.75 Å². The van der Waals surface area contributed by atoms with Crippen molar-refractivity contribution in [3.8, 4) is 5.75 Å². The van der Waals surface area contributed by atoms with Gasteiger partial charge < -0.3 is 10.2 Å². The molecule has 128 valence electrons. The van der Waals surface area contributed by atoms with Gasteiger partial charge in [-0.1, -0.05) is 42.5 Å². The van der Waals surface area contributed by atoms with Gasteiger partial charge in [0.2, 0.25) is 0 Å². The van der Waals surface area contributed by atoms with Crippen molar-refractivity contribution in [1.29, 1.82) is 0 Å². The van der Waals surface area contributed by atoms with E-state index in [1.54, 1.807) is 0 Å². The highest BCUT2D eigenvalue weighted by molar-refractivity contribution is 6.36. The normalized spacial score (nSPS) is 10.6. The smallest absolute Gasteiger partial charge is 0.303 e. The van der Waals surface area contributed by atoms with E-state index in [9.17, 15) is 14.7 Å². The minimum atomic E-state index is -0.788. The Morgan fingerprint density at radius 2 is 1.70 bits per heavy atom. The first-order valence-electron chi connectivity index (χ1n) is 7.29. The van der Waals surface area contributed by atoms with Crippen molar-refractivity contribution in [3.63, 3.8) is 0 Å². The summed E-state index contributed by atoms with van der Waals surface area (Å²) in [6.07, 6.45) is 4.05. The van der Waals surface area contributed by atoms with E-state index in [1.165, 1.54) is 12.1 Å². The lowest BCUT2D eigenvalue weighted by Crippen LogP contribution is -2.38. The fraction of sp³-hybridized carbons (Fsp3) is 0.467. The van der Waals surface area contributed by atoms with E-state index >= 15 is 0 Å². The first-order valence-corrected chi connectivity index (χ1v) is 8.05. The average Bonchev–Trinajstić information content (AvgIpc) is 2.48. The molecule has 0 bridgehead atoms. The van der Waals surface area contributed by atoms with Crippen LogP contribution in [0.5, 0.6) is 5.75 Å². The molecule has 1 aromatic carbocycles. The number of hydrogen-bond acceptors (Lipinski definition) is 4. The Hall–Kier alpha value is -1.50. The minimum Gasteiger partial charge on any atom is -0.506 e. The van der Waals surface area contributed by atoms with E-state index < -0.39 is 11.9 Å². The van der Waals surface area contributed by atoms with E-state index in [0.717, 1.165) is 24.3 Å². The Bertz CT molecular complexity index is 567. The van der Waals surface area contributed by atoms with Crippen LogP contribution in [0.25, 0.3) is 0 Å². The molecule has 6 nitrogen and oxygen atoms in total. The zero-order valence-corrected chi connectivity index (χ0v) is 14.1. The molecule has 1 rings (SSSR count). The molecule has 0 radical (unpaired) electrons. The molecular formula is C15H20Cl2N2O4. The first kappa shape index (κ1) is 19.5. The lowest BCUT2D eigenvalue weighted by molar-refractivity contribution is -0.137. The maximum absolute atomic E-state index is 12.2. The third-order valence-electron chi connectivity index (χ3n) is 3.31. The third-order valence-corrected chi connectivity index (χ3v) is 3.82. The molecule has 1 aromatic rings. The van der Waals surface area contributed by atoms with E-state index in [-0.39, 0.29) is 27.8 Å². The maximum atomic E-state index is 12.2. The molecule has 0 aliphatic rings. The summed E-state index contributed by atoms with van der Waals surface area (Å²) in [6, 6.07) is 2.66. The predicted molar refractivity (Wildman–Crippen MR) is 88.7 cm³/mol. The van der Waals surface area contributed by atoms with Crippen molar-refractivity contribution in [2.24, 2.45) is 5.84 Å². The Morgan fingerprint density at radius 3 is 2.35 bits per heavy atom. The second-order valence-electron chi connectivity index (χ2n) is 5.19. The summed E-state index contributed by atoms with van der Waals surface area (Å²) in [5, 5.41) is 19.6. The summed E-state index contributed by atoms with van der Waals surface area (Å²) in [5.74, 6) is 4.02. The number of phenolic OH excluding ortho intramolecular Hbond substituents is 1. The Labute approximate surface area is 144 Å². The van der Waals surface area contributed by atoms with Gasteiger partial charge in [-0.2, -0.15) is 0 Å². The van der Waals surface area contributed by atoms with Crippen LogP contribution in [0.15, 0.2) is 12.1 Å². The highest BCUT2D eigenvalue weighted by atomic mass is 35.5. The Morgan fingerprint density at radius 1 is 1.09 bits per heavy atom. The van der Waals surface area contributed by atoms with Crippen molar-refractivity contribution in [1.82, 2.24) is 5.01 Å². The Balaban J connectivity index is 2.39. The molecular weight excluding hydrogens is 343 g/mol. The molecule has 0 saturated carbocycles. The molecule has 23 heavy (non-hydrogen) atoms. The number of amides is 1. The van der Waals surface area contributed by atoms with Crippen LogP contribution in [0, 0.1) is 0 Å².